The normalized spacial score (nSPS) is 19.6. The van der Waals surface area contributed by atoms with E-state index in [0.29, 0.717) is 11.7 Å². The molecule has 0 saturated carbocycles. The molecule has 18 heavy (non-hydrogen) atoms. The van der Waals surface area contributed by atoms with Gasteiger partial charge in [-0.2, -0.15) is 0 Å². The van der Waals surface area contributed by atoms with Gasteiger partial charge in [-0.1, -0.05) is 30.3 Å². The van der Waals surface area contributed by atoms with Gasteiger partial charge < -0.3 is 14.6 Å². The number of hydrogen-bond acceptors (Lipinski definition) is 4. The zero-order valence-corrected chi connectivity index (χ0v) is 10.8. The minimum absolute atomic E-state index is 0.546. The number of carbonyl (C=O) groups excluding carboxylic acids is 1. The van der Waals surface area contributed by atoms with Crippen LogP contribution in [0.4, 0.5) is 0 Å². The summed E-state index contributed by atoms with van der Waals surface area (Å²) < 4.78 is 9.53. The summed E-state index contributed by atoms with van der Waals surface area (Å²) in [6.07, 6.45) is 1.91. The van der Waals surface area contributed by atoms with E-state index < -0.39 is 12.1 Å². The first-order chi connectivity index (χ1) is 8.65. The van der Waals surface area contributed by atoms with E-state index in [1.165, 1.54) is 20.0 Å². The van der Waals surface area contributed by atoms with Gasteiger partial charge in [-0.3, -0.25) is 0 Å². The van der Waals surface area contributed by atoms with E-state index in [9.17, 15) is 9.90 Å². The Bertz CT molecular complexity index is 344. The van der Waals surface area contributed by atoms with Crippen LogP contribution in [0.1, 0.15) is 31.4 Å². The smallest absolute Gasteiger partial charge is 0.339 e. The molecule has 1 aliphatic heterocycles. The Labute approximate surface area is 108 Å². The van der Waals surface area contributed by atoms with Gasteiger partial charge in [0.25, 0.3) is 0 Å². The van der Waals surface area contributed by atoms with Crippen molar-refractivity contribution in [3.63, 3.8) is 0 Å². The highest BCUT2D eigenvalue weighted by molar-refractivity contribution is 5.75. The van der Waals surface area contributed by atoms with Crippen molar-refractivity contribution in [2.45, 2.75) is 32.0 Å². The number of rotatable bonds is 2. The maximum atomic E-state index is 10.8. The number of hydrogen-bond donors (Lipinski definition) is 1. The molecule has 100 valence electrons. The van der Waals surface area contributed by atoms with Gasteiger partial charge in [-0.05, 0) is 25.3 Å². The monoisotopic (exact) mass is 252 g/mol. The molecule has 1 unspecified atom stereocenters. The minimum Gasteiger partial charge on any atom is -0.467 e. The largest absolute Gasteiger partial charge is 0.467 e. The first kappa shape index (κ1) is 14.7. The highest BCUT2D eigenvalue weighted by Gasteiger charge is 2.16. The molecule has 2 atom stereocenters. The Morgan fingerprint density at radius 2 is 2.11 bits per heavy atom. The van der Waals surface area contributed by atoms with Crippen molar-refractivity contribution in [2.75, 3.05) is 13.7 Å². The standard InChI is InChI=1S/C9H10O3.C5H10O/c1-12-9(11)8(10)7-5-3-2-4-6-7;1-5-3-2-4-6-5/h2-6,8,10H,1H3;5H,2-4H2,1H3/t8-;/m1./s1. The van der Waals surface area contributed by atoms with Crippen molar-refractivity contribution in [1.29, 1.82) is 0 Å². The average molecular weight is 252 g/mol. The molecule has 1 aliphatic rings. The number of benzene rings is 1. The van der Waals surface area contributed by atoms with Crippen LogP contribution in [0.25, 0.3) is 0 Å². The van der Waals surface area contributed by atoms with Crippen molar-refractivity contribution in [3.8, 4) is 0 Å². The summed E-state index contributed by atoms with van der Waals surface area (Å²) in [6.45, 7) is 3.11. The zero-order chi connectivity index (χ0) is 13.4. The molecule has 0 aromatic heterocycles. The summed E-state index contributed by atoms with van der Waals surface area (Å²) in [5.41, 5.74) is 0.546. The highest BCUT2D eigenvalue weighted by atomic mass is 16.5. The molecule has 4 heteroatoms. The van der Waals surface area contributed by atoms with Gasteiger partial charge in [0.15, 0.2) is 6.10 Å². The molecule has 0 bridgehead atoms. The predicted octanol–water partition coefficient (Wildman–Crippen LogP) is 2.08. The Hall–Kier alpha value is -1.39. The molecular weight excluding hydrogens is 232 g/mol. The summed E-state index contributed by atoms with van der Waals surface area (Å²) >= 11 is 0. The lowest BCUT2D eigenvalue weighted by Crippen LogP contribution is -2.13. The maximum Gasteiger partial charge on any atom is 0.339 e. The van der Waals surface area contributed by atoms with E-state index in [-0.39, 0.29) is 0 Å². The third kappa shape index (κ3) is 4.85. The van der Waals surface area contributed by atoms with Crippen molar-refractivity contribution in [2.24, 2.45) is 0 Å². The van der Waals surface area contributed by atoms with Crippen molar-refractivity contribution >= 4 is 5.97 Å². The van der Waals surface area contributed by atoms with E-state index in [2.05, 4.69) is 11.7 Å². The lowest BCUT2D eigenvalue weighted by molar-refractivity contribution is -0.150. The molecule has 0 aliphatic carbocycles. The lowest BCUT2D eigenvalue weighted by Gasteiger charge is -2.07. The van der Waals surface area contributed by atoms with E-state index in [1.54, 1.807) is 24.3 Å². The number of carbonyl (C=O) groups is 1. The fourth-order valence-electron chi connectivity index (χ4n) is 1.62. The van der Waals surface area contributed by atoms with Gasteiger partial charge in [0.1, 0.15) is 0 Å². The molecule has 1 aromatic rings. The Balaban J connectivity index is 0.000000225. The van der Waals surface area contributed by atoms with E-state index in [0.717, 1.165) is 6.61 Å². The van der Waals surface area contributed by atoms with Gasteiger partial charge in [-0.15, -0.1) is 0 Å². The van der Waals surface area contributed by atoms with Gasteiger partial charge in [0, 0.05) is 6.61 Å². The molecule has 1 heterocycles. The topological polar surface area (TPSA) is 55.8 Å². The Morgan fingerprint density at radius 1 is 1.44 bits per heavy atom. The second-order valence-electron chi connectivity index (χ2n) is 4.16. The van der Waals surface area contributed by atoms with Crippen LogP contribution in [-0.2, 0) is 14.3 Å². The predicted molar refractivity (Wildman–Crippen MR) is 68.1 cm³/mol. The molecule has 1 N–H and O–H groups in total. The van der Waals surface area contributed by atoms with Crippen LogP contribution in [-0.4, -0.2) is 30.9 Å². The minimum atomic E-state index is -1.17. The summed E-state index contributed by atoms with van der Waals surface area (Å²) in [5, 5.41) is 9.31. The number of esters is 1. The van der Waals surface area contributed by atoms with Crippen molar-refractivity contribution in [1.82, 2.24) is 0 Å². The molecule has 1 fully saturated rings. The first-order valence-electron chi connectivity index (χ1n) is 6.07. The maximum absolute atomic E-state index is 10.8. The molecule has 4 nitrogen and oxygen atoms in total. The number of ether oxygens (including phenoxy) is 2. The molecule has 0 radical (unpaired) electrons. The van der Waals surface area contributed by atoms with Gasteiger partial charge in [0.05, 0.1) is 13.2 Å². The molecular formula is C14H20O4. The second kappa shape index (κ2) is 7.84. The average Bonchev–Trinajstić information content (AvgIpc) is 2.90. The first-order valence-corrected chi connectivity index (χ1v) is 6.07. The van der Waals surface area contributed by atoms with Gasteiger partial charge in [0.2, 0.25) is 0 Å². The summed E-state index contributed by atoms with van der Waals surface area (Å²) in [7, 11) is 1.24. The van der Waals surface area contributed by atoms with Crippen molar-refractivity contribution < 1.29 is 19.4 Å². The van der Waals surface area contributed by atoms with Crippen LogP contribution in [0, 0.1) is 0 Å². The van der Waals surface area contributed by atoms with Crippen LogP contribution in [0.15, 0.2) is 30.3 Å². The third-order valence-corrected chi connectivity index (χ3v) is 2.70. The number of methoxy groups -OCH3 is 1. The molecule has 0 amide bonds. The Kier molecular flexibility index (Phi) is 6.39. The molecule has 1 aromatic carbocycles. The fourth-order valence-corrected chi connectivity index (χ4v) is 1.62. The molecule has 1 saturated heterocycles. The van der Waals surface area contributed by atoms with Crippen LogP contribution in [0.2, 0.25) is 0 Å². The second-order valence-corrected chi connectivity index (χ2v) is 4.16. The number of aliphatic hydroxyl groups is 1. The summed E-state index contributed by atoms with van der Waals surface area (Å²) in [4.78, 5) is 10.8. The summed E-state index contributed by atoms with van der Waals surface area (Å²) in [5.74, 6) is -0.638. The zero-order valence-electron chi connectivity index (χ0n) is 10.8. The van der Waals surface area contributed by atoms with Crippen LogP contribution in [0.5, 0.6) is 0 Å². The Morgan fingerprint density at radius 3 is 2.50 bits per heavy atom. The molecule has 2 rings (SSSR count). The SMILES string of the molecule is CC1CCCO1.COC(=O)[C@H](O)c1ccccc1. The quantitative estimate of drug-likeness (QED) is 0.819. The van der Waals surface area contributed by atoms with E-state index in [4.69, 9.17) is 4.74 Å². The fraction of sp³-hybridized carbons (Fsp3) is 0.500. The van der Waals surface area contributed by atoms with Crippen LogP contribution < -0.4 is 0 Å². The van der Waals surface area contributed by atoms with Crippen LogP contribution in [0.3, 0.4) is 0 Å². The molecule has 0 spiro atoms. The van der Waals surface area contributed by atoms with E-state index >= 15 is 0 Å². The van der Waals surface area contributed by atoms with Crippen molar-refractivity contribution in [3.05, 3.63) is 35.9 Å². The van der Waals surface area contributed by atoms with E-state index in [1.807, 2.05) is 6.07 Å². The number of aliphatic hydroxyl groups excluding tert-OH is 1. The summed E-state index contributed by atoms with van der Waals surface area (Å²) in [6, 6.07) is 8.65. The van der Waals surface area contributed by atoms with Gasteiger partial charge in [-0.25, -0.2) is 4.79 Å². The third-order valence-electron chi connectivity index (χ3n) is 2.70. The van der Waals surface area contributed by atoms with Gasteiger partial charge >= 0.3 is 5.97 Å². The lowest BCUT2D eigenvalue weighted by atomic mass is 10.1. The van der Waals surface area contributed by atoms with Crippen LogP contribution >= 0.6 is 0 Å². The highest BCUT2D eigenvalue weighted by Crippen LogP contribution is 2.12.